The van der Waals surface area contributed by atoms with Crippen LogP contribution in [-0.4, -0.2) is 16.8 Å². The van der Waals surface area contributed by atoms with Crippen molar-refractivity contribution in [2.75, 3.05) is 4.90 Å². The number of hydrogen-bond acceptors (Lipinski definition) is 5. The topological polar surface area (TPSA) is 70.8 Å². The molecular formula is C25H18ClNO4S. The van der Waals surface area contributed by atoms with E-state index in [1.165, 1.54) is 16.2 Å². The van der Waals surface area contributed by atoms with Gasteiger partial charge in [-0.2, -0.15) is 0 Å². The SMILES string of the molecule is Cc1cccc(N2C(=O)C(O)=C(C(=O)c3cc4cc(Cl)ccc4o3)C2c2cccs2)c1C. The Kier molecular flexibility index (Phi) is 4.92. The summed E-state index contributed by atoms with van der Waals surface area (Å²) >= 11 is 7.47. The molecule has 1 atom stereocenters. The molecule has 3 heterocycles. The number of anilines is 1. The lowest BCUT2D eigenvalue weighted by atomic mass is 9.99. The Morgan fingerprint density at radius 3 is 2.69 bits per heavy atom. The van der Waals surface area contributed by atoms with Gasteiger partial charge in [0.1, 0.15) is 11.6 Å². The van der Waals surface area contributed by atoms with Gasteiger partial charge in [-0.25, -0.2) is 0 Å². The average Bonchev–Trinajstić information content (AvgIpc) is 3.49. The van der Waals surface area contributed by atoms with Crippen LogP contribution in [0.1, 0.15) is 32.6 Å². The van der Waals surface area contributed by atoms with E-state index < -0.39 is 23.5 Å². The van der Waals surface area contributed by atoms with Crippen molar-refractivity contribution in [2.45, 2.75) is 19.9 Å². The van der Waals surface area contributed by atoms with Crippen molar-refractivity contribution in [1.29, 1.82) is 0 Å². The Bertz CT molecular complexity index is 1420. The van der Waals surface area contributed by atoms with Crippen LogP contribution in [0.15, 0.2) is 75.7 Å². The van der Waals surface area contributed by atoms with Gasteiger partial charge in [0, 0.05) is 21.0 Å². The largest absolute Gasteiger partial charge is 0.503 e. The highest BCUT2D eigenvalue weighted by molar-refractivity contribution is 7.10. The van der Waals surface area contributed by atoms with Crippen molar-refractivity contribution in [2.24, 2.45) is 0 Å². The minimum atomic E-state index is -0.757. The first kappa shape index (κ1) is 20.5. The van der Waals surface area contributed by atoms with Crippen molar-refractivity contribution >= 4 is 51.3 Å². The Hall–Kier alpha value is -3.35. The van der Waals surface area contributed by atoms with E-state index >= 15 is 0 Å². The molecule has 1 amide bonds. The number of aryl methyl sites for hydroxylation is 1. The predicted octanol–water partition coefficient (Wildman–Crippen LogP) is 6.55. The van der Waals surface area contributed by atoms with Crippen LogP contribution >= 0.6 is 22.9 Å². The van der Waals surface area contributed by atoms with E-state index in [9.17, 15) is 14.7 Å². The highest BCUT2D eigenvalue weighted by atomic mass is 35.5. The number of halogens is 1. The number of hydrogen-bond donors (Lipinski definition) is 1. The summed E-state index contributed by atoms with van der Waals surface area (Å²) in [5.74, 6) is -1.66. The maximum Gasteiger partial charge on any atom is 0.294 e. The van der Waals surface area contributed by atoms with Gasteiger partial charge < -0.3 is 9.52 Å². The van der Waals surface area contributed by atoms with Crippen LogP contribution in [0.5, 0.6) is 0 Å². The summed E-state index contributed by atoms with van der Waals surface area (Å²) in [5, 5.41) is 13.9. The summed E-state index contributed by atoms with van der Waals surface area (Å²) in [6.45, 7) is 3.88. The molecule has 1 N–H and O–H groups in total. The summed E-state index contributed by atoms with van der Waals surface area (Å²) in [5.41, 5.74) is 3.07. The van der Waals surface area contributed by atoms with Gasteiger partial charge >= 0.3 is 0 Å². The van der Waals surface area contributed by atoms with Gasteiger partial charge in [-0.15, -0.1) is 11.3 Å². The van der Waals surface area contributed by atoms with E-state index in [0.29, 0.717) is 21.7 Å². The van der Waals surface area contributed by atoms with Gasteiger partial charge in [-0.3, -0.25) is 14.5 Å². The van der Waals surface area contributed by atoms with Gasteiger partial charge in [0.05, 0.1) is 5.57 Å². The second-order valence-corrected chi connectivity index (χ2v) is 9.11. The standard InChI is InChI=1S/C25H18ClNO4S/c1-13-5-3-6-17(14(13)2)27-22(20-7-4-10-32-20)21(24(29)25(27)30)23(28)19-12-15-11-16(26)8-9-18(15)31-19/h3-12,22,29H,1-2H3. The molecule has 1 unspecified atom stereocenters. The fourth-order valence-corrected chi connectivity index (χ4v) is 5.06. The highest BCUT2D eigenvalue weighted by Gasteiger charge is 2.46. The highest BCUT2D eigenvalue weighted by Crippen LogP contribution is 2.44. The van der Waals surface area contributed by atoms with Crippen LogP contribution in [0, 0.1) is 13.8 Å². The van der Waals surface area contributed by atoms with Crippen LogP contribution < -0.4 is 4.90 Å². The second-order valence-electron chi connectivity index (χ2n) is 7.70. The molecule has 0 aliphatic carbocycles. The lowest BCUT2D eigenvalue weighted by molar-refractivity contribution is -0.117. The number of thiophene rings is 1. The van der Waals surface area contributed by atoms with Gasteiger partial charge in [-0.05, 0) is 66.8 Å². The Morgan fingerprint density at radius 2 is 1.94 bits per heavy atom. The lowest BCUT2D eigenvalue weighted by Gasteiger charge is -2.27. The van der Waals surface area contributed by atoms with E-state index in [1.54, 1.807) is 24.3 Å². The number of fused-ring (bicyclic) bond motifs is 1. The fraction of sp³-hybridized carbons (Fsp3) is 0.120. The van der Waals surface area contributed by atoms with E-state index in [4.69, 9.17) is 16.0 Å². The minimum absolute atomic E-state index is 0.00325. The summed E-state index contributed by atoms with van der Waals surface area (Å²) < 4.78 is 5.75. The predicted molar refractivity (Wildman–Crippen MR) is 126 cm³/mol. The van der Waals surface area contributed by atoms with E-state index in [-0.39, 0.29) is 11.3 Å². The maximum atomic E-state index is 13.6. The van der Waals surface area contributed by atoms with Gasteiger partial charge in [0.2, 0.25) is 5.78 Å². The monoisotopic (exact) mass is 463 g/mol. The van der Waals surface area contributed by atoms with Gasteiger partial charge in [-0.1, -0.05) is 29.8 Å². The molecular weight excluding hydrogens is 446 g/mol. The molecule has 4 aromatic rings. The zero-order valence-electron chi connectivity index (χ0n) is 17.3. The summed E-state index contributed by atoms with van der Waals surface area (Å²) in [6, 6.07) is 15.2. The van der Waals surface area contributed by atoms with Gasteiger partial charge in [0.15, 0.2) is 11.5 Å². The molecule has 1 aliphatic heterocycles. The first-order valence-corrected chi connectivity index (χ1v) is 11.2. The third-order valence-corrected chi connectivity index (χ3v) is 6.96. The molecule has 5 nitrogen and oxygen atoms in total. The van der Waals surface area contributed by atoms with Crippen LogP contribution in [0.25, 0.3) is 11.0 Å². The minimum Gasteiger partial charge on any atom is -0.503 e. The van der Waals surface area contributed by atoms with E-state index in [2.05, 4.69) is 0 Å². The summed E-state index contributed by atoms with van der Waals surface area (Å²) in [4.78, 5) is 29.1. The zero-order valence-corrected chi connectivity index (χ0v) is 18.8. The quantitative estimate of drug-likeness (QED) is 0.348. The molecule has 160 valence electrons. The molecule has 0 radical (unpaired) electrons. The molecule has 2 aromatic carbocycles. The number of benzene rings is 2. The number of aliphatic hydroxyl groups excluding tert-OH is 1. The average molecular weight is 464 g/mol. The number of aliphatic hydroxyl groups is 1. The molecule has 0 spiro atoms. The third kappa shape index (κ3) is 3.15. The Balaban J connectivity index is 1.66. The fourth-order valence-electron chi connectivity index (χ4n) is 4.06. The number of furan rings is 1. The van der Waals surface area contributed by atoms with Crippen molar-refractivity contribution in [3.8, 4) is 0 Å². The first-order valence-electron chi connectivity index (χ1n) is 9.97. The first-order chi connectivity index (χ1) is 15.4. The number of carbonyl (C=O) groups excluding carboxylic acids is 2. The smallest absolute Gasteiger partial charge is 0.294 e. The summed E-state index contributed by atoms with van der Waals surface area (Å²) in [7, 11) is 0. The van der Waals surface area contributed by atoms with Crippen molar-refractivity contribution in [3.05, 3.63) is 98.1 Å². The van der Waals surface area contributed by atoms with Crippen molar-refractivity contribution in [3.63, 3.8) is 0 Å². The van der Waals surface area contributed by atoms with Crippen LogP contribution in [0.2, 0.25) is 5.02 Å². The Morgan fingerprint density at radius 1 is 1.12 bits per heavy atom. The number of rotatable bonds is 4. The number of ketones is 1. The zero-order chi connectivity index (χ0) is 22.6. The maximum absolute atomic E-state index is 13.6. The molecule has 5 rings (SSSR count). The van der Waals surface area contributed by atoms with Gasteiger partial charge in [0.25, 0.3) is 5.91 Å². The van der Waals surface area contributed by atoms with Crippen LogP contribution in [-0.2, 0) is 4.79 Å². The molecule has 2 aromatic heterocycles. The van der Waals surface area contributed by atoms with Crippen LogP contribution in [0.4, 0.5) is 5.69 Å². The van der Waals surface area contributed by atoms with Crippen molar-refractivity contribution < 1.29 is 19.1 Å². The Labute approximate surface area is 193 Å². The summed E-state index contributed by atoms with van der Waals surface area (Å²) in [6.07, 6.45) is 0. The third-order valence-electron chi connectivity index (χ3n) is 5.80. The van der Waals surface area contributed by atoms with Crippen molar-refractivity contribution in [1.82, 2.24) is 0 Å². The normalized spacial score (nSPS) is 16.4. The molecule has 0 saturated carbocycles. The molecule has 1 aliphatic rings. The number of amides is 1. The molecule has 7 heteroatoms. The second kappa shape index (κ2) is 7.65. The number of nitrogens with zero attached hydrogens (tertiary/aromatic N) is 1. The number of Topliss-reactive ketones (excluding diaryl/α,β-unsaturated/α-hetero) is 1. The van der Waals surface area contributed by atoms with Crippen LogP contribution in [0.3, 0.4) is 0 Å². The number of carbonyl (C=O) groups is 2. The molecule has 0 fully saturated rings. The molecule has 0 saturated heterocycles. The van der Waals surface area contributed by atoms with E-state index in [1.807, 2.05) is 49.6 Å². The lowest BCUT2D eigenvalue weighted by Crippen LogP contribution is -2.31. The molecule has 32 heavy (non-hydrogen) atoms. The van der Waals surface area contributed by atoms with E-state index in [0.717, 1.165) is 16.0 Å². The molecule has 0 bridgehead atoms.